The van der Waals surface area contributed by atoms with Gasteiger partial charge in [-0.05, 0) is 60.9 Å². The Morgan fingerprint density at radius 2 is 1.77 bits per heavy atom. The highest BCUT2D eigenvalue weighted by Gasteiger charge is 2.25. The second-order valence-electron chi connectivity index (χ2n) is 10.4. The molecule has 7 heteroatoms. The SMILES string of the molecule is CCOCCCN(CC(=O)N(Cc1ccc(F)cc1)Cc1ccco1)C(=O)CC(C)CC(C)(C)C. The lowest BCUT2D eigenvalue weighted by molar-refractivity contribution is -0.142. The van der Waals surface area contributed by atoms with Crippen molar-refractivity contribution in [1.29, 1.82) is 0 Å². The first kappa shape index (κ1) is 28.6. The first-order valence-corrected chi connectivity index (χ1v) is 12.5. The van der Waals surface area contributed by atoms with Crippen LogP contribution in [0.3, 0.4) is 0 Å². The van der Waals surface area contributed by atoms with Crippen molar-refractivity contribution in [3.05, 3.63) is 59.8 Å². The van der Waals surface area contributed by atoms with Crippen molar-refractivity contribution in [3.63, 3.8) is 0 Å². The van der Waals surface area contributed by atoms with Crippen LogP contribution in [0.15, 0.2) is 47.1 Å². The van der Waals surface area contributed by atoms with Gasteiger partial charge < -0.3 is 19.0 Å². The van der Waals surface area contributed by atoms with E-state index in [2.05, 4.69) is 27.7 Å². The van der Waals surface area contributed by atoms with Crippen LogP contribution in [0.2, 0.25) is 0 Å². The van der Waals surface area contributed by atoms with Crippen LogP contribution in [0, 0.1) is 17.2 Å². The summed E-state index contributed by atoms with van der Waals surface area (Å²) in [7, 11) is 0. The molecule has 0 fully saturated rings. The third-order valence-electron chi connectivity index (χ3n) is 5.65. The minimum Gasteiger partial charge on any atom is -0.467 e. The predicted molar refractivity (Wildman–Crippen MR) is 135 cm³/mol. The third-order valence-corrected chi connectivity index (χ3v) is 5.65. The van der Waals surface area contributed by atoms with Gasteiger partial charge in [0.25, 0.3) is 0 Å². The number of benzene rings is 1. The van der Waals surface area contributed by atoms with Crippen molar-refractivity contribution >= 4 is 11.8 Å². The molecule has 0 saturated heterocycles. The first-order valence-electron chi connectivity index (χ1n) is 12.5. The molecular formula is C28H41FN2O4. The highest BCUT2D eigenvalue weighted by molar-refractivity contribution is 5.85. The highest BCUT2D eigenvalue weighted by Crippen LogP contribution is 2.26. The smallest absolute Gasteiger partial charge is 0.242 e. The fraction of sp³-hybridized carbons (Fsp3) is 0.571. The Balaban J connectivity index is 2.13. The van der Waals surface area contributed by atoms with E-state index in [0.29, 0.717) is 44.9 Å². The summed E-state index contributed by atoms with van der Waals surface area (Å²) in [5.41, 5.74) is 0.934. The Morgan fingerprint density at radius 1 is 1.06 bits per heavy atom. The Hall–Kier alpha value is -2.67. The average molecular weight is 489 g/mol. The van der Waals surface area contributed by atoms with Crippen LogP contribution >= 0.6 is 0 Å². The zero-order valence-corrected chi connectivity index (χ0v) is 21.9. The summed E-state index contributed by atoms with van der Waals surface area (Å²) < 4.78 is 24.3. The molecule has 0 bridgehead atoms. The summed E-state index contributed by atoms with van der Waals surface area (Å²) in [6, 6.07) is 9.67. The van der Waals surface area contributed by atoms with Crippen LogP contribution in [0.1, 0.15) is 65.2 Å². The van der Waals surface area contributed by atoms with Gasteiger partial charge in [-0.25, -0.2) is 4.39 Å². The lowest BCUT2D eigenvalue weighted by atomic mass is 9.84. The van der Waals surface area contributed by atoms with Gasteiger partial charge >= 0.3 is 0 Å². The molecule has 194 valence electrons. The van der Waals surface area contributed by atoms with Crippen LogP contribution in [-0.4, -0.2) is 47.9 Å². The number of carbonyl (C=O) groups is 2. The fourth-order valence-electron chi connectivity index (χ4n) is 4.23. The summed E-state index contributed by atoms with van der Waals surface area (Å²) >= 11 is 0. The molecule has 0 spiro atoms. The quantitative estimate of drug-likeness (QED) is 0.322. The molecule has 1 aromatic heterocycles. The molecular weight excluding hydrogens is 447 g/mol. The molecule has 1 heterocycles. The predicted octanol–water partition coefficient (Wildman–Crippen LogP) is 5.67. The van der Waals surface area contributed by atoms with Gasteiger partial charge in [0, 0.05) is 32.7 Å². The van der Waals surface area contributed by atoms with Gasteiger partial charge in [0.1, 0.15) is 11.6 Å². The number of hydrogen-bond acceptors (Lipinski definition) is 4. The summed E-state index contributed by atoms with van der Waals surface area (Å²) in [6.45, 7) is 12.7. The molecule has 1 aromatic carbocycles. The van der Waals surface area contributed by atoms with Gasteiger partial charge in [0.2, 0.25) is 11.8 Å². The number of halogens is 1. The Bertz CT molecular complexity index is 891. The van der Waals surface area contributed by atoms with Crippen molar-refractivity contribution in [1.82, 2.24) is 9.80 Å². The summed E-state index contributed by atoms with van der Waals surface area (Å²) in [4.78, 5) is 30.0. The van der Waals surface area contributed by atoms with E-state index in [1.807, 2.05) is 13.0 Å². The number of nitrogens with zero attached hydrogens (tertiary/aromatic N) is 2. The van der Waals surface area contributed by atoms with Crippen LogP contribution in [0.4, 0.5) is 4.39 Å². The number of amides is 2. The number of ether oxygens (including phenoxy) is 1. The van der Waals surface area contributed by atoms with E-state index >= 15 is 0 Å². The van der Waals surface area contributed by atoms with Gasteiger partial charge in [0.05, 0.1) is 19.4 Å². The summed E-state index contributed by atoms with van der Waals surface area (Å²) in [5.74, 6) is 0.331. The maximum Gasteiger partial charge on any atom is 0.242 e. The second-order valence-corrected chi connectivity index (χ2v) is 10.4. The van der Waals surface area contributed by atoms with Crippen molar-refractivity contribution in [2.75, 3.05) is 26.3 Å². The van der Waals surface area contributed by atoms with Gasteiger partial charge in [0.15, 0.2) is 0 Å². The molecule has 2 amide bonds. The Morgan fingerprint density at radius 3 is 2.37 bits per heavy atom. The standard InChI is InChI=1S/C28H41FN2O4/c1-6-34-15-8-14-30(26(32)17-22(2)18-28(3,4)5)21-27(33)31(20-25-9-7-16-35-25)19-23-10-12-24(29)13-11-23/h7,9-13,16,22H,6,8,14-15,17-21H2,1-5H3. The van der Waals surface area contributed by atoms with Gasteiger partial charge in [-0.1, -0.05) is 39.8 Å². The molecule has 0 saturated carbocycles. The van der Waals surface area contributed by atoms with Crippen molar-refractivity contribution < 1.29 is 23.1 Å². The molecule has 0 aliphatic heterocycles. The maximum absolute atomic E-state index is 13.4. The molecule has 2 aromatic rings. The van der Waals surface area contributed by atoms with E-state index in [0.717, 1.165) is 12.0 Å². The zero-order valence-electron chi connectivity index (χ0n) is 21.9. The Labute approximate surface area is 209 Å². The van der Waals surface area contributed by atoms with Gasteiger partial charge in [-0.3, -0.25) is 9.59 Å². The third kappa shape index (κ3) is 11.1. The van der Waals surface area contributed by atoms with Crippen LogP contribution in [-0.2, 0) is 27.4 Å². The average Bonchev–Trinajstić information content (AvgIpc) is 3.28. The fourth-order valence-corrected chi connectivity index (χ4v) is 4.23. The number of rotatable bonds is 14. The highest BCUT2D eigenvalue weighted by atomic mass is 19.1. The van der Waals surface area contributed by atoms with Crippen LogP contribution in [0.25, 0.3) is 0 Å². The maximum atomic E-state index is 13.4. The lowest BCUT2D eigenvalue weighted by Crippen LogP contribution is -2.43. The van der Waals surface area contributed by atoms with E-state index in [4.69, 9.17) is 9.15 Å². The molecule has 0 radical (unpaired) electrons. The zero-order chi connectivity index (χ0) is 25.8. The lowest BCUT2D eigenvalue weighted by Gasteiger charge is -2.29. The van der Waals surface area contributed by atoms with Crippen molar-refractivity contribution in [3.8, 4) is 0 Å². The first-order chi connectivity index (χ1) is 16.6. The largest absolute Gasteiger partial charge is 0.467 e. The normalized spacial score (nSPS) is 12.4. The number of hydrogen-bond donors (Lipinski definition) is 0. The molecule has 6 nitrogen and oxygen atoms in total. The number of furan rings is 1. The minimum atomic E-state index is -0.326. The van der Waals surface area contributed by atoms with Crippen molar-refractivity contribution in [2.24, 2.45) is 11.3 Å². The molecule has 0 N–H and O–H groups in total. The molecule has 35 heavy (non-hydrogen) atoms. The molecule has 2 rings (SSSR count). The van der Waals surface area contributed by atoms with Crippen LogP contribution in [0.5, 0.6) is 0 Å². The van der Waals surface area contributed by atoms with E-state index < -0.39 is 0 Å². The summed E-state index contributed by atoms with van der Waals surface area (Å²) in [5, 5.41) is 0. The molecule has 1 atom stereocenters. The van der Waals surface area contributed by atoms with Crippen LogP contribution < -0.4 is 0 Å². The molecule has 0 aliphatic carbocycles. The Kier molecular flexibility index (Phi) is 11.4. The van der Waals surface area contributed by atoms with Gasteiger partial charge in [-0.15, -0.1) is 0 Å². The number of carbonyl (C=O) groups excluding carboxylic acids is 2. The second kappa shape index (κ2) is 14.0. The monoisotopic (exact) mass is 488 g/mol. The van der Waals surface area contributed by atoms with E-state index in [9.17, 15) is 14.0 Å². The van der Waals surface area contributed by atoms with E-state index in [1.165, 1.54) is 12.1 Å². The van der Waals surface area contributed by atoms with Gasteiger partial charge in [-0.2, -0.15) is 0 Å². The minimum absolute atomic E-state index is 0.0188. The summed E-state index contributed by atoms with van der Waals surface area (Å²) in [6.07, 6.45) is 3.55. The molecule has 0 aliphatic rings. The topological polar surface area (TPSA) is 63.0 Å². The van der Waals surface area contributed by atoms with E-state index in [-0.39, 0.29) is 42.1 Å². The van der Waals surface area contributed by atoms with E-state index in [1.54, 1.807) is 34.3 Å². The van der Waals surface area contributed by atoms with Crippen molar-refractivity contribution in [2.45, 2.75) is 67.0 Å². The molecule has 1 unspecified atom stereocenters.